The number of rotatable bonds is 7. The summed E-state index contributed by atoms with van der Waals surface area (Å²) in [6.45, 7) is 2.20. The SMILES string of the molecule is Cc1ccc(C2(c3ccnc(-n4c5[c-]c(Oc6[c-]c(-c7nccn7-c7ccccc7)ccc6)ccc5c5ccccc54)c3)C3CC4CC(C3)CC2C4)cc1.[Pt+2]. The largest absolute Gasteiger partial charge is 2.00 e. The number of aryl methyl sites for hydroxylation is 1. The number of aromatic nitrogens is 4. The summed E-state index contributed by atoms with van der Waals surface area (Å²) in [5.41, 5.74) is 8.15. The molecule has 4 saturated carbocycles. The van der Waals surface area contributed by atoms with Gasteiger partial charge < -0.3 is 13.9 Å². The predicted octanol–water partition coefficient (Wildman–Crippen LogP) is 11.5. The monoisotopic (exact) mass is 895 g/mol. The maximum Gasteiger partial charge on any atom is 2.00 e. The Morgan fingerprint density at radius 2 is 1.40 bits per heavy atom. The van der Waals surface area contributed by atoms with Crippen LogP contribution in [0.15, 0.2) is 140 Å². The van der Waals surface area contributed by atoms with Crippen LogP contribution in [0.2, 0.25) is 0 Å². The molecule has 3 aromatic heterocycles. The number of nitrogens with zero attached hydrogens (tertiary/aromatic N) is 4. The molecule has 0 amide bonds. The Morgan fingerprint density at radius 3 is 2.20 bits per heavy atom. The predicted molar refractivity (Wildman–Crippen MR) is 214 cm³/mol. The van der Waals surface area contributed by atoms with Crippen molar-refractivity contribution in [1.29, 1.82) is 0 Å². The molecule has 4 aliphatic carbocycles. The van der Waals surface area contributed by atoms with Gasteiger partial charge in [0, 0.05) is 46.7 Å². The minimum atomic E-state index is -0.00830. The summed E-state index contributed by atoms with van der Waals surface area (Å²) >= 11 is 0. The van der Waals surface area contributed by atoms with Gasteiger partial charge in [0.2, 0.25) is 0 Å². The summed E-state index contributed by atoms with van der Waals surface area (Å²) in [7, 11) is 0. The van der Waals surface area contributed by atoms with Crippen molar-refractivity contribution in [2.45, 2.75) is 44.4 Å². The number of imidazole rings is 1. The van der Waals surface area contributed by atoms with E-state index in [0.29, 0.717) is 23.3 Å². The first-order valence-electron chi connectivity index (χ1n) is 19.4. The van der Waals surface area contributed by atoms with Crippen molar-refractivity contribution >= 4 is 21.8 Å². The molecule has 0 unspecified atom stereocenters. The second-order valence-electron chi connectivity index (χ2n) is 15.9. The van der Waals surface area contributed by atoms with Crippen LogP contribution < -0.4 is 4.74 Å². The Bertz CT molecular complexity index is 2650. The molecule has 55 heavy (non-hydrogen) atoms. The van der Waals surface area contributed by atoms with Gasteiger partial charge in [0.25, 0.3) is 0 Å². The molecule has 0 saturated heterocycles. The molecule has 4 aliphatic rings. The van der Waals surface area contributed by atoms with Gasteiger partial charge in [-0.25, -0.2) is 4.98 Å². The van der Waals surface area contributed by atoms with E-state index in [-0.39, 0.29) is 26.5 Å². The fourth-order valence-electron chi connectivity index (χ4n) is 10.9. The smallest absolute Gasteiger partial charge is 0.503 e. The van der Waals surface area contributed by atoms with Crippen LogP contribution in [0, 0.1) is 42.7 Å². The summed E-state index contributed by atoms with van der Waals surface area (Å²) in [6.07, 6.45) is 12.6. The van der Waals surface area contributed by atoms with Gasteiger partial charge in [-0.15, -0.1) is 41.3 Å². The number of pyridine rings is 1. The molecule has 8 aromatic rings. The van der Waals surface area contributed by atoms with E-state index < -0.39 is 0 Å². The third kappa shape index (κ3) is 5.53. The molecule has 272 valence electrons. The molecule has 0 atom stereocenters. The fourth-order valence-corrected chi connectivity index (χ4v) is 10.9. The molecule has 0 spiro atoms. The number of para-hydroxylation sites is 2. The number of hydrogen-bond acceptors (Lipinski definition) is 3. The van der Waals surface area contributed by atoms with E-state index >= 15 is 0 Å². The van der Waals surface area contributed by atoms with Gasteiger partial charge in [0.1, 0.15) is 5.82 Å². The van der Waals surface area contributed by atoms with Crippen molar-refractivity contribution in [2.24, 2.45) is 23.7 Å². The minimum Gasteiger partial charge on any atom is -0.503 e. The first kappa shape index (κ1) is 34.3. The second-order valence-corrected chi connectivity index (χ2v) is 15.9. The van der Waals surface area contributed by atoms with E-state index in [9.17, 15) is 0 Å². The Morgan fingerprint density at radius 1 is 0.655 bits per heavy atom. The average Bonchev–Trinajstić information content (AvgIpc) is 3.82. The van der Waals surface area contributed by atoms with E-state index in [4.69, 9.17) is 9.72 Å². The summed E-state index contributed by atoms with van der Waals surface area (Å²) in [4.78, 5) is 9.78. The third-order valence-electron chi connectivity index (χ3n) is 12.9. The van der Waals surface area contributed by atoms with Crippen LogP contribution >= 0.6 is 0 Å². The van der Waals surface area contributed by atoms with Crippen LogP contribution in [-0.2, 0) is 26.5 Å². The van der Waals surface area contributed by atoms with Crippen LogP contribution in [0.5, 0.6) is 11.5 Å². The van der Waals surface area contributed by atoms with Gasteiger partial charge in [-0.1, -0.05) is 77.8 Å². The van der Waals surface area contributed by atoms with Crippen LogP contribution in [0.3, 0.4) is 0 Å². The molecule has 3 heterocycles. The zero-order valence-electron chi connectivity index (χ0n) is 30.6. The zero-order valence-corrected chi connectivity index (χ0v) is 32.9. The second kappa shape index (κ2) is 13.5. The molecule has 0 N–H and O–H groups in total. The van der Waals surface area contributed by atoms with Crippen molar-refractivity contribution < 1.29 is 25.8 Å². The van der Waals surface area contributed by atoms with Crippen LogP contribution in [0.1, 0.15) is 48.8 Å². The average molecular weight is 896 g/mol. The first-order valence-corrected chi connectivity index (χ1v) is 19.4. The van der Waals surface area contributed by atoms with Gasteiger partial charge in [0.15, 0.2) is 0 Å². The van der Waals surface area contributed by atoms with Gasteiger partial charge in [-0.05, 0) is 110 Å². The van der Waals surface area contributed by atoms with E-state index in [1.807, 2.05) is 61.1 Å². The molecular weight excluding hydrogens is 856 g/mol. The van der Waals surface area contributed by atoms with E-state index in [2.05, 4.69) is 112 Å². The van der Waals surface area contributed by atoms with Crippen LogP contribution in [-0.4, -0.2) is 19.1 Å². The summed E-state index contributed by atoms with van der Waals surface area (Å²) in [5.74, 6) is 6.01. The van der Waals surface area contributed by atoms with E-state index in [1.54, 1.807) is 0 Å². The summed E-state index contributed by atoms with van der Waals surface area (Å²) in [5, 5.41) is 2.29. The zero-order chi connectivity index (χ0) is 35.8. The topological polar surface area (TPSA) is 44.9 Å². The number of ether oxygens (including phenoxy) is 1. The number of benzene rings is 5. The van der Waals surface area contributed by atoms with Gasteiger partial charge in [0.05, 0.1) is 5.82 Å². The van der Waals surface area contributed by atoms with Crippen molar-refractivity contribution in [3.63, 3.8) is 0 Å². The Hall–Kier alpha value is -5.25. The summed E-state index contributed by atoms with van der Waals surface area (Å²) in [6, 6.07) is 50.3. The van der Waals surface area contributed by atoms with Gasteiger partial charge in [-0.3, -0.25) is 4.98 Å². The van der Waals surface area contributed by atoms with Crippen LogP contribution in [0.25, 0.3) is 44.7 Å². The molecule has 0 aliphatic heterocycles. The quantitative estimate of drug-likeness (QED) is 0.150. The molecule has 6 heteroatoms. The molecule has 4 bridgehead atoms. The molecule has 4 fully saturated rings. The first-order chi connectivity index (χ1) is 26.6. The third-order valence-corrected chi connectivity index (χ3v) is 12.9. The maximum atomic E-state index is 6.54. The molecule has 5 aromatic carbocycles. The van der Waals surface area contributed by atoms with E-state index in [1.165, 1.54) is 54.2 Å². The van der Waals surface area contributed by atoms with Crippen LogP contribution in [0.4, 0.5) is 0 Å². The minimum absolute atomic E-state index is 0. The Kier molecular flexibility index (Phi) is 8.41. The maximum absolute atomic E-state index is 6.54. The van der Waals surface area contributed by atoms with Gasteiger partial charge in [-0.2, -0.15) is 6.07 Å². The standard InChI is InChI=1S/C49H40N4O.Pt/c1-32-14-16-36(17-15-32)49(38-25-33-24-34(27-38)28-39(49)26-33)37-20-21-50-47(30-37)53-45-13-6-5-12-43(45)44-19-18-42(31-46(44)53)54-41-11-7-8-35(29-41)48-51-22-23-52(48)40-9-3-2-4-10-40;/h2-23,30,33-34,38-39H,24-28H2,1H3;/q-2;+2. The van der Waals surface area contributed by atoms with Gasteiger partial charge >= 0.3 is 21.1 Å². The fraction of sp³-hybridized carbons (Fsp3) is 0.224. The van der Waals surface area contributed by atoms with Crippen molar-refractivity contribution in [3.8, 4) is 34.4 Å². The molecule has 12 rings (SSSR count). The number of hydrogen-bond donors (Lipinski definition) is 0. The van der Waals surface area contributed by atoms with Crippen molar-refractivity contribution in [2.75, 3.05) is 0 Å². The molecule has 0 radical (unpaired) electrons. The summed E-state index contributed by atoms with van der Waals surface area (Å²) < 4.78 is 10.9. The number of fused-ring (bicyclic) bond motifs is 3. The van der Waals surface area contributed by atoms with Crippen molar-refractivity contribution in [1.82, 2.24) is 19.1 Å². The molecular formula is C49H40N4OPt. The van der Waals surface area contributed by atoms with Crippen molar-refractivity contribution in [3.05, 3.63) is 169 Å². The molecule has 5 nitrogen and oxygen atoms in total. The Labute approximate surface area is 336 Å². The Balaban J connectivity index is 0.00000372. The normalized spacial score (nSPS) is 22.6. The van der Waals surface area contributed by atoms with E-state index in [0.717, 1.165) is 51.1 Å².